The SMILES string of the molecule is c1ccc(N(c2ccccc2)c2ccc3c(c2)Oc2ccc4c5c(ccc-3c25)Oc2cc(N(c3ccccc3)c3ccc5ccccc5c3)ccc2-4)cc1. The average molecular weight is 693 g/mol. The maximum absolute atomic E-state index is 6.81. The lowest BCUT2D eigenvalue weighted by molar-refractivity contribution is 0.480. The Hall–Kier alpha value is -7.30. The molecule has 4 nitrogen and oxygen atoms in total. The summed E-state index contributed by atoms with van der Waals surface area (Å²) in [6.07, 6.45) is 0. The Morgan fingerprint density at radius 1 is 0.259 bits per heavy atom. The van der Waals surface area contributed by atoms with Crippen LogP contribution in [0.15, 0.2) is 194 Å². The van der Waals surface area contributed by atoms with Gasteiger partial charge in [0.05, 0.1) is 0 Å². The molecule has 4 heteroatoms. The van der Waals surface area contributed by atoms with Gasteiger partial charge in [-0.3, -0.25) is 0 Å². The molecule has 0 N–H and O–H groups in total. The molecule has 9 aromatic carbocycles. The number of hydrogen-bond acceptors (Lipinski definition) is 4. The van der Waals surface area contributed by atoms with Gasteiger partial charge in [-0.1, -0.05) is 84.9 Å². The number of fused-ring (bicyclic) bond motifs is 5. The summed E-state index contributed by atoms with van der Waals surface area (Å²) < 4.78 is 13.6. The van der Waals surface area contributed by atoms with Crippen LogP contribution in [-0.2, 0) is 0 Å². The molecule has 0 aliphatic carbocycles. The van der Waals surface area contributed by atoms with Gasteiger partial charge in [0.1, 0.15) is 23.0 Å². The summed E-state index contributed by atoms with van der Waals surface area (Å²) in [6, 6.07) is 68.2. The summed E-state index contributed by atoms with van der Waals surface area (Å²) in [7, 11) is 0. The summed E-state index contributed by atoms with van der Waals surface area (Å²) >= 11 is 0. The number of anilines is 6. The first-order chi connectivity index (χ1) is 26.8. The van der Waals surface area contributed by atoms with Crippen molar-refractivity contribution in [3.8, 4) is 45.3 Å². The van der Waals surface area contributed by atoms with Crippen LogP contribution in [0, 0.1) is 0 Å². The van der Waals surface area contributed by atoms with E-state index in [-0.39, 0.29) is 0 Å². The molecule has 0 aromatic heterocycles. The zero-order valence-corrected chi connectivity index (χ0v) is 29.2. The van der Waals surface area contributed by atoms with E-state index in [0.717, 1.165) is 90.1 Å². The lowest BCUT2D eigenvalue weighted by Gasteiger charge is -2.30. The van der Waals surface area contributed by atoms with Gasteiger partial charge >= 0.3 is 0 Å². The average Bonchev–Trinajstić information content (AvgIpc) is 3.23. The molecule has 2 aliphatic rings. The fourth-order valence-electron chi connectivity index (χ4n) is 8.14. The number of hydrogen-bond donors (Lipinski definition) is 0. The Labute approximate surface area is 313 Å². The third-order valence-electron chi connectivity index (χ3n) is 10.6. The molecule has 2 heterocycles. The molecule has 254 valence electrons. The van der Waals surface area contributed by atoms with Gasteiger partial charge < -0.3 is 19.3 Å². The second kappa shape index (κ2) is 12.1. The van der Waals surface area contributed by atoms with Gasteiger partial charge in [0.15, 0.2) is 0 Å². The normalized spacial score (nSPS) is 12.0. The van der Waals surface area contributed by atoms with Gasteiger partial charge in [-0.15, -0.1) is 0 Å². The third kappa shape index (κ3) is 4.85. The van der Waals surface area contributed by atoms with Crippen LogP contribution in [0.25, 0.3) is 43.8 Å². The summed E-state index contributed by atoms with van der Waals surface area (Å²) in [5, 5.41) is 4.56. The monoisotopic (exact) mass is 692 g/mol. The van der Waals surface area contributed by atoms with Gasteiger partial charge in [-0.2, -0.15) is 0 Å². The van der Waals surface area contributed by atoms with E-state index in [4.69, 9.17) is 9.47 Å². The van der Waals surface area contributed by atoms with Crippen molar-refractivity contribution in [2.24, 2.45) is 0 Å². The van der Waals surface area contributed by atoms with Gasteiger partial charge in [-0.25, -0.2) is 0 Å². The van der Waals surface area contributed by atoms with E-state index in [1.807, 2.05) is 12.1 Å². The molecular weight excluding hydrogens is 661 g/mol. The van der Waals surface area contributed by atoms with Crippen molar-refractivity contribution in [3.63, 3.8) is 0 Å². The fraction of sp³-hybridized carbons (Fsp3) is 0. The zero-order valence-electron chi connectivity index (χ0n) is 29.2. The van der Waals surface area contributed by atoms with Gasteiger partial charge in [0.25, 0.3) is 0 Å². The molecule has 0 saturated carbocycles. The molecule has 54 heavy (non-hydrogen) atoms. The molecule has 0 fully saturated rings. The largest absolute Gasteiger partial charge is 0.456 e. The minimum absolute atomic E-state index is 0.827. The molecule has 0 bridgehead atoms. The number of ether oxygens (including phenoxy) is 2. The predicted molar refractivity (Wildman–Crippen MR) is 222 cm³/mol. The van der Waals surface area contributed by atoms with Crippen molar-refractivity contribution in [3.05, 3.63) is 194 Å². The fourth-order valence-corrected chi connectivity index (χ4v) is 8.14. The second-order valence-corrected chi connectivity index (χ2v) is 13.7. The van der Waals surface area contributed by atoms with Crippen LogP contribution in [0.1, 0.15) is 0 Å². The van der Waals surface area contributed by atoms with E-state index < -0.39 is 0 Å². The van der Waals surface area contributed by atoms with Crippen LogP contribution in [0.4, 0.5) is 34.1 Å². The molecule has 0 saturated heterocycles. The highest BCUT2D eigenvalue weighted by Crippen LogP contribution is 2.56. The van der Waals surface area contributed by atoms with E-state index >= 15 is 0 Å². The van der Waals surface area contributed by atoms with E-state index in [0.29, 0.717) is 0 Å². The molecule has 0 spiro atoms. The summed E-state index contributed by atoms with van der Waals surface area (Å²) in [5.74, 6) is 3.32. The van der Waals surface area contributed by atoms with Crippen molar-refractivity contribution >= 4 is 55.7 Å². The number of rotatable bonds is 6. The first kappa shape index (κ1) is 30.3. The highest BCUT2D eigenvalue weighted by Gasteiger charge is 2.29. The van der Waals surface area contributed by atoms with E-state index in [9.17, 15) is 0 Å². The smallest absolute Gasteiger partial charge is 0.137 e. The standard InChI is InChI=1S/C50H32N2O2/c1-4-14-35(15-5-1)51(36-16-6-2-7-17-36)39-22-24-41-43-26-29-46-50-44(27-28-45(49(43)50)53-47(41)31-39)42-25-23-40(32-48(42)54-46)52(37-18-8-3-9-19-37)38-21-20-33-12-10-11-13-34(33)30-38/h1-32H. The highest BCUT2D eigenvalue weighted by atomic mass is 16.5. The Bertz CT molecular complexity index is 2850. The molecule has 11 rings (SSSR count). The lowest BCUT2D eigenvalue weighted by atomic mass is 9.88. The van der Waals surface area contributed by atoms with Crippen LogP contribution in [0.3, 0.4) is 0 Å². The quantitative estimate of drug-likeness (QED) is 0.173. The number of nitrogens with zero attached hydrogens (tertiary/aromatic N) is 2. The van der Waals surface area contributed by atoms with Crippen molar-refractivity contribution in [2.45, 2.75) is 0 Å². The summed E-state index contributed by atoms with van der Waals surface area (Å²) in [5.41, 5.74) is 10.8. The van der Waals surface area contributed by atoms with E-state index in [1.165, 1.54) is 10.8 Å². The third-order valence-corrected chi connectivity index (χ3v) is 10.6. The van der Waals surface area contributed by atoms with Crippen molar-refractivity contribution in [2.75, 3.05) is 9.80 Å². The van der Waals surface area contributed by atoms with Crippen LogP contribution < -0.4 is 19.3 Å². The van der Waals surface area contributed by atoms with E-state index in [1.54, 1.807) is 0 Å². The summed E-state index contributed by atoms with van der Waals surface area (Å²) in [6.45, 7) is 0. The van der Waals surface area contributed by atoms with Crippen LogP contribution in [0.5, 0.6) is 23.0 Å². The number of benzene rings is 9. The molecular formula is C50H32N2O2. The van der Waals surface area contributed by atoms with Crippen molar-refractivity contribution < 1.29 is 9.47 Å². The Kier molecular flexibility index (Phi) is 6.82. The first-order valence-electron chi connectivity index (χ1n) is 18.3. The Balaban J connectivity index is 1.01. The van der Waals surface area contributed by atoms with Crippen molar-refractivity contribution in [1.82, 2.24) is 0 Å². The maximum Gasteiger partial charge on any atom is 0.137 e. The highest BCUT2D eigenvalue weighted by molar-refractivity contribution is 6.14. The number of para-hydroxylation sites is 3. The molecule has 0 unspecified atom stereocenters. The Morgan fingerprint density at radius 2 is 0.648 bits per heavy atom. The van der Waals surface area contributed by atoms with Crippen molar-refractivity contribution in [1.29, 1.82) is 0 Å². The topological polar surface area (TPSA) is 24.9 Å². The van der Waals surface area contributed by atoms with Crippen LogP contribution >= 0.6 is 0 Å². The van der Waals surface area contributed by atoms with Crippen LogP contribution in [0.2, 0.25) is 0 Å². The molecule has 9 aromatic rings. The zero-order chi connectivity index (χ0) is 35.6. The van der Waals surface area contributed by atoms with Crippen LogP contribution in [-0.4, -0.2) is 0 Å². The minimum atomic E-state index is 0.827. The Morgan fingerprint density at radius 3 is 1.15 bits per heavy atom. The summed E-state index contributed by atoms with van der Waals surface area (Å²) in [4.78, 5) is 4.55. The second-order valence-electron chi connectivity index (χ2n) is 13.7. The lowest BCUT2D eigenvalue weighted by Crippen LogP contribution is -2.11. The van der Waals surface area contributed by atoms with E-state index in [2.05, 4.69) is 192 Å². The minimum Gasteiger partial charge on any atom is -0.456 e. The molecule has 2 aliphatic heterocycles. The maximum atomic E-state index is 6.81. The molecule has 0 radical (unpaired) electrons. The van der Waals surface area contributed by atoms with Gasteiger partial charge in [0, 0.05) is 68.2 Å². The predicted octanol–water partition coefficient (Wildman–Crippen LogP) is 14.5. The molecule has 0 atom stereocenters. The first-order valence-corrected chi connectivity index (χ1v) is 18.3. The molecule has 0 amide bonds. The van der Waals surface area contributed by atoms with Gasteiger partial charge in [-0.05, 0) is 119 Å². The van der Waals surface area contributed by atoms with Gasteiger partial charge in [0.2, 0.25) is 0 Å².